The molecule has 2 amide bonds. The van der Waals surface area contributed by atoms with Gasteiger partial charge in [-0.25, -0.2) is 10.2 Å². The van der Waals surface area contributed by atoms with Crippen LogP contribution in [-0.2, 0) is 4.79 Å². The largest absolute Gasteiger partial charge is 0.497 e. The Morgan fingerprint density at radius 1 is 0.780 bits per heavy atom. The van der Waals surface area contributed by atoms with Crippen molar-refractivity contribution in [3.63, 3.8) is 0 Å². The number of benzene rings is 3. The number of rotatable bonds is 13. The Kier molecular flexibility index (Phi) is 10.9. The van der Waals surface area contributed by atoms with E-state index in [2.05, 4.69) is 15.8 Å². The van der Waals surface area contributed by atoms with Gasteiger partial charge in [-0.2, -0.15) is 5.10 Å². The maximum atomic E-state index is 12.6. The van der Waals surface area contributed by atoms with Gasteiger partial charge in [0.15, 0.2) is 23.0 Å². The van der Waals surface area contributed by atoms with Crippen LogP contribution in [-0.4, -0.2) is 65.6 Å². The molecule has 0 spiro atoms. The molecule has 3 aromatic carbocycles. The minimum atomic E-state index is -0.559. The lowest BCUT2D eigenvalue weighted by Gasteiger charge is -2.14. The van der Waals surface area contributed by atoms with Crippen LogP contribution in [0, 0.1) is 0 Å². The summed E-state index contributed by atoms with van der Waals surface area (Å²) in [5.41, 5.74) is 3.47. The van der Waals surface area contributed by atoms with Gasteiger partial charge >= 0.3 is 5.97 Å². The molecule has 0 fully saturated rings. The lowest BCUT2D eigenvalue weighted by molar-refractivity contribution is -0.120. The molecular formula is C29H31N3O9. The van der Waals surface area contributed by atoms with Crippen molar-refractivity contribution in [2.75, 3.05) is 41.6 Å². The van der Waals surface area contributed by atoms with E-state index in [1.165, 1.54) is 46.8 Å². The molecule has 12 nitrogen and oxygen atoms in total. The summed E-state index contributed by atoms with van der Waals surface area (Å²) in [6.07, 6.45) is 1.39. The minimum Gasteiger partial charge on any atom is -0.497 e. The molecule has 0 heterocycles. The highest BCUT2D eigenvalue weighted by Crippen LogP contribution is 2.38. The number of hydrogen-bond acceptors (Lipinski definition) is 10. The molecule has 0 atom stereocenters. The van der Waals surface area contributed by atoms with Gasteiger partial charge in [-0.05, 0) is 67.1 Å². The van der Waals surface area contributed by atoms with Crippen molar-refractivity contribution >= 4 is 24.0 Å². The average Bonchev–Trinajstić information content (AvgIpc) is 3.00. The van der Waals surface area contributed by atoms with Gasteiger partial charge in [-0.3, -0.25) is 9.59 Å². The highest BCUT2D eigenvalue weighted by atomic mass is 16.6. The van der Waals surface area contributed by atoms with Gasteiger partial charge in [0.05, 0.1) is 53.4 Å². The lowest BCUT2D eigenvalue weighted by Crippen LogP contribution is -2.34. The zero-order valence-electron chi connectivity index (χ0n) is 23.3. The van der Waals surface area contributed by atoms with Crippen LogP contribution in [0.15, 0.2) is 59.7 Å². The first-order valence-electron chi connectivity index (χ1n) is 12.4. The fourth-order valence-corrected chi connectivity index (χ4v) is 3.54. The normalized spacial score (nSPS) is 10.5. The monoisotopic (exact) mass is 565 g/mol. The van der Waals surface area contributed by atoms with Crippen LogP contribution in [0.2, 0.25) is 0 Å². The summed E-state index contributed by atoms with van der Waals surface area (Å²) in [5, 5.41) is 6.42. The van der Waals surface area contributed by atoms with Crippen LogP contribution >= 0.6 is 0 Å². The number of nitrogens with one attached hydrogen (secondary N) is 2. The van der Waals surface area contributed by atoms with Crippen LogP contribution in [0.25, 0.3) is 0 Å². The van der Waals surface area contributed by atoms with Gasteiger partial charge in [0, 0.05) is 5.56 Å². The molecular weight excluding hydrogens is 534 g/mol. The van der Waals surface area contributed by atoms with Crippen molar-refractivity contribution in [1.29, 1.82) is 0 Å². The second-order valence-electron chi connectivity index (χ2n) is 8.15. The van der Waals surface area contributed by atoms with Gasteiger partial charge in [0.1, 0.15) is 5.75 Å². The van der Waals surface area contributed by atoms with Crippen LogP contribution in [0.4, 0.5) is 0 Å². The third-order valence-corrected chi connectivity index (χ3v) is 5.54. The predicted molar refractivity (Wildman–Crippen MR) is 150 cm³/mol. The first-order valence-corrected chi connectivity index (χ1v) is 12.4. The number of esters is 1. The third kappa shape index (κ3) is 8.12. The quantitative estimate of drug-likeness (QED) is 0.138. The first-order chi connectivity index (χ1) is 19.8. The maximum absolute atomic E-state index is 12.6. The molecule has 0 saturated carbocycles. The highest BCUT2D eigenvalue weighted by molar-refractivity contribution is 5.97. The molecule has 2 N–H and O–H groups in total. The Bertz CT molecular complexity index is 1380. The highest BCUT2D eigenvalue weighted by Gasteiger charge is 2.18. The smallest absolute Gasteiger partial charge is 0.343 e. The molecule has 12 heteroatoms. The SMILES string of the molecule is CCOc1cc(C=NNC(=O)CNC(=O)c2cc(OC)c(OC)c(OC)c2)ccc1OC(=O)c1ccc(OC)cc1. The van der Waals surface area contributed by atoms with Gasteiger partial charge in [-0.1, -0.05) is 0 Å². The third-order valence-electron chi connectivity index (χ3n) is 5.54. The fourth-order valence-electron chi connectivity index (χ4n) is 3.54. The van der Waals surface area contributed by atoms with E-state index in [-0.39, 0.29) is 17.9 Å². The molecule has 3 rings (SSSR count). The molecule has 41 heavy (non-hydrogen) atoms. The Hall–Kier alpha value is -5.26. The molecule has 0 radical (unpaired) electrons. The molecule has 0 unspecified atom stereocenters. The van der Waals surface area contributed by atoms with E-state index in [1.54, 1.807) is 49.4 Å². The van der Waals surface area contributed by atoms with Crippen LogP contribution in [0.3, 0.4) is 0 Å². The van der Waals surface area contributed by atoms with Crippen molar-refractivity contribution in [3.8, 4) is 34.5 Å². The van der Waals surface area contributed by atoms with Crippen LogP contribution in [0.5, 0.6) is 34.5 Å². The molecule has 216 valence electrons. The zero-order valence-corrected chi connectivity index (χ0v) is 23.3. The molecule has 0 aliphatic carbocycles. The molecule has 0 saturated heterocycles. The van der Waals surface area contributed by atoms with E-state index >= 15 is 0 Å². The summed E-state index contributed by atoms with van der Waals surface area (Å²) in [7, 11) is 5.86. The van der Waals surface area contributed by atoms with E-state index < -0.39 is 17.8 Å². The van der Waals surface area contributed by atoms with Gasteiger partial charge < -0.3 is 33.7 Å². The predicted octanol–water partition coefficient (Wildman–Crippen LogP) is 3.22. The number of hydrogen-bond donors (Lipinski definition) is 2. The number of carbonyl (C=O) groups is 3. The van der Waals surface area contributed by atoms with Gasteiger partial charge in [0.2, 0.25) is 5.75 Å². The maximum Gasteiger partial charge on any atom is 0.343 e. The van der Waals surface area contributed by atoms with E-state index in [0.29, 0.717) is 46.5 Å². The summed E-state index contributed by atoms with van der Waals surface area (Å²) >= 11 is 0. The number of methoxy groups -OCH3 is 4. The molecule has 0 bridgehead atoms. The summed E-state index contributed by atoms with van der Waals surface area (Å²) < 4.78 is 32.0. The van der Waals surface area contributed by atoms with Crippen molar-refractivity contribution in [3.05, 3.63) is 71.3 Å². The molecule has 0 aliphatic heterocycles. The Morgan fingerprint density at radius 2 is 1.46 bits per heavy atom. The van der Waals surface area contributed by atoms with E-state index in [1.807, 2.05) is 0 Å². The summed E-state index contributed by atoms with van der Waals surface area (Å²) in [5.74, 6) is 0.476. The number of amides is 2. The van der Waals surface area contributed by atoms with Crippen molar-refractivity contribution in [2.45, 2.75) is 6.92 Å². The van der Waals surface area contributed by atoms with E-state index in [4.69, 9.17) is 28.4 Å². The average molecular weight is 566 g/mol. The number of carbonyl (C=O) groups excluding carboxylic acids is 3. The zero-order chi connectivity index (χ0) is 29.8. The van der Waals surface area contributed by atoms with Crippen LogP contribution in [0.1, 0.15) is 33.2 Å². The Labute approximate surface area is 237 Å². The lowest BCUT2D eigenvalue weighted by atomic mass is 10.1. The van der Waals surface area contributed by atoms with Crippen molar-refractivity contribution < 1.29 is 42.8 Å². The summed E-state index contributed by atoms with van der Waals surface area (Å²) in [6, 6.07) is 14.3. The number of hydrazone groups is 1. The molecule has 0 aromatic heterocycles. The van der Waals surface area contributed by atoms with Crippen molar-refractivity contribution in [1.82, 2.24) is 10.7 Å². The molecule has 3 aromatic rings. The summed E-state index contributed by atoms with van der Waals surface area (Å²) in [6.45, 7) is 1.79. The van der Waals surface area contributed by atoms with Crippen molar-refractivity contribution in [2.24, 2.45) is 5.10 Å². The topological polar surface area (TPSA) is 143 Å². The first kappa shape index (κ1) is 30.3. The summed E-state index contributed by atoms with van der Waals surface area (Å²) in [4.78, 5) is 37.4. The molecule has 0 aliphatic rings. The number of ether oxygens (including phenoxy) is 6. The van der Waals surface area contributed by atoms with Gasteiger partial charge in [0.25, 0.3) is 11.8 Å². The Balaban J connectivity index is 1.59. The fraction of sp³-hybridized carbons (Fsp3) is 0.241. The van der Waals surface area contributed by atoms with Crippen LogP contribution < -0.4 is 39.2 Å². The second kappa shape index (κ2) is 14.8. The standard InChI is InChI=1S/C29H31N3O9/c1-6-40-23-13-18(7-12-22(23)41-29(35)19-8-10-21(36-2)11-9-19)16-31-32-26(33)17-30-28(34)20-14-24(37-3)27(39-5)25(15-20)38-4/h7-16H,6,17H2,1-5H3,(H,30,34)(H,32,33). The van der Waals surface area contributed by atoms with E-state index in [0.717, 1.165) is 0 Å². The van der Waals surface area contributed by atoms with Gasteiger partial charge in [-0.15, -0.1) is 0 Å². The Morgan fingerprint density at radius 3 is 2.05 bits per heavy atom. The van der Waals surface area contributed by atoms with E-state index in [9.17, 15) is 14.4 Å². The second-order valence-corrected chi connectivity index (χ2v) is 8.15. The minimum absolute atomic E-state index is 0.215. The number of nitrogens with zero attached hydrogens (tertiary/aromatic N) is 1.